The van der Waals surface area contributed by atoms with Gasteiger partial charge in [0.15, 0.2) is 0 Å². The number of hydrogen-bond acceptors (Lipinski definition) is 4. The van der Waals surface area contributed by atoms with Crippen molar-refractivity contribution in [2.75, 3.05) is 14.2 Å². The Kier molecular flexibility index (Phi) is 5.32. The van der Waals surface area contributed by atoms with Crippen molar-refractivity contribution < 1.29 is 18.3 Å². The van der Waals surface area contributed by atoms with Crippen LogP contribution in [-0.2, 0) is 20.2 Å². The predicted molar refractivity (Wildman–Crippen MR) is 89.6 cm³/mol. The smallest absolute Gasteiger partial charge is 0.368 e. The van der Waals surface area contributed by atoms with E-state index in [2.05, 4.69) is 19.9 Å². The number of rotatable bonds is 6. The first-order valence-corrected chi connectivity index (χ1v) is 10.2. The number of benzene rings is 1. The lowest BCUT2D eigenvalue weighted by atomic mass is 10.0. The molecule has 0 fully saturated rings. The molecule has 1 aliphatic rings. The zero-order chi connectivity index (χ0) is 16.4. The maximum Gasteiger partial charge on any atom is 0.368 e. The van der Waals surface area contributed by atoms with E-state index >= 15 is 0 Å². The molecule has 0 saturated carbocycles. The van der Waals surface area contributed by atoms with E-state index < -0.39 is 14.3 Å². The van der Waals surface area contributed by atoms with Gasteiger partial charge in [-0.25, -0.2) is 0 Å². The molecule has 1 atom stereocenters. The quantitative estimate of drug-likeness (QED) is 0.752. The second kappa shape index (κ2) is 6.70. The van der Waals surface area contributed by atoms with Crippen LogP contribution in [0.25, 0.3) is 0 Å². The SMILES string of the molecule is CO[Si](C)(OC)c1ccc2c(c1)COC(C)(CCC(C)C)O2. The van der Waals surface area contributed by atoms with E-state index in [0.29, 0.717) is 12.5 Å². The molecule has 5 heteroatoms. The molecule has 22 heavy (non-hydrogen) atoms. The van der Waals surface area contributed by atoms with Gasteiger partial charge in [-0.05, 0) is 36.2 Å². The van der Waals surface area contributed by atoms with E-state index in [1.807, 2.05) is 25.6 Å². The van der Waals surface area contributed by atoms with Crippen molar-refractivity contribution in [1.29, 1.82) is 0 Å². The molecule has 0 radical (unpaired) electrons. The molecule has 1 aromatic carbocycles. The Labute approximate surface area is 135 Å². The largest absolute Gasteiger partial charge is 0.462 e. The molecule has 0 bridgehead atoms. The molecule has 1 unspecified atom stereocenters. The molecule has 2 rings (SSSR count). The van der Waals surface area contributed by atoms with Gasteiger partial charge in [-0.2, -0.15) is 0 Å². The Morgan fingerprint density at radius 3 is 2.55 bits per heavy atom. The fraction of sp³-hybridized carbons (Fsp3) is 0.647. The van der Waals surface area contributed by atoms with Crippen molar-refractivity contribution in [1.82, 2.24) is 0 Å². The van der Waals surface area contributed by atoms with Crippen molar-refractivity contribution in [2.24, 2.45) is 5.92 Å². The van der Waals surface area contributed by atoms with Crippen LogP contribution in [0.5, 0.6) is 5.75 Å². The highest BCUT2D eigenvalue weighted by Crippen LogP contribution is 2.34. The highest BCUT2D eigenvalue weighted by Gasteiger charge is 2.36. The molecular formula is C17H28O4Si. The first-order valence-electron chi connectivity index (χ1n) is 7.88. The maximum atomic E-state index is 6.12. The summed E-state index contributed by atoms with van der Waals surface area (Å²) in [7, 11) is 1.09. The van der Waals surface area contributed by atoms with E-state index in [1.54, 1.807) is 14.2 Å². The van der Waals surface area contributed by atoms with Crippen molar-refractivity contribution in [3.05, 3.63) is 23.8 Å². The van der Waals surface area contributed by atoms with Gasteiger partial charge in [0.05, 0.1) is 6.61 Å². The average Bonchev–Trinajstić information content (AvgIpc) is 2.52. The van der Waals surface area contributed by atoms with Crippen LogP contribution in [0.1, 0.15) is 39.2 Å². The average molecular weight is 324 g/mol. The minimum atomic E-state index is -2.31. The third-order valence-electron chi connectivity index (χ3n) is 4.40. The van der Waals surface area contributed by atoms with Gasteiger partial charge in [-0.3, -0.25) is 0 Å². The summed E-state index contributed by atoms with van der Waals surface area (Å²) in [5.74, 6) is 1.02. The summed E-state index contributed by atoms with van der Waals surface area (Å²) in [6.07, 6.45) is 1.98. The van der Waals surface area contributed by atoms with Crippen LogP contribution >= 0.6 is 0 Å². The van der Waals surface area contributed by atoms with Crippen LogP contribution in [0.3, 0.4) is 0 Å². The molecule has 1 aromatic rings. The summed E-state index contributed by atoms with van der Waals surface area (Å²) in [6, 6.07) is 6.16. The summed E-state index contributed by atoms with van der Waals surface area (Å²) < 4.78 is 23.3. The third kappa shape index (κ3) is 3.71. The number of hydrogen-bond donors (Lipinski definition) is 0. The molecule has 1 aliphatic heterocycles. The molecule has 0 N–H and O–H groups in total. The third-order valence-corrected chi connectivity index (χ3v) is 7.32. The molecular weight excluding hydrogens is 296 g/mol. The van der Waals surface area contributed by atoms with Crippen LogP contribution in [0.15, 0.2) is 18.2 Å². The van der Waals surface area contributed by atoms with Crippen LogP contribution < -0.4 is 9.92 Å². The minimum Gasteiger partial charge on any atom is -0.462 e. The van der Waals surface area contributed by atoms with Gasteiger partial charge in [0.2, 0.25) is 5.79 Å². The van der Waals surface area contributed by atoms with Gasteiger partial charge in [-0.15, -0.1) is 0 Å². The molecule has 4 nitrogen and oxygen atoms in total. The second-order valence-corrected chi connectivity index (χ2v) is 9.92. The van der Waals surface area contributed by atoms with Crippen LogP contribution in [0.2, 0.25) is 6.55 Å². The minimum absolute atomic E-state index is 0.526. The Morgan fingerprint density at radius 1 is 1.27 bits per heavy atom. The molecule has 0 amide bonds. The summed E-state index contributed by atoms with van der Waals surface area (Å²) in [6.45, 7) is 9.05. The summed E-state index contributed by atoms with van der Waals surface area (Å²) >= 11 is 0. The summed E-state index contributed by atoms with van der Waals surface area (Å²) in [5, 5.41) is 1.09. The lowest BCUT2D eigenvalue weighted by Gasteiger charge is -2.36. The maximum absolute atomic E-state index is 6.12. The van der Waals surface area contributed by atoms with E-state index in [4.69, 9.17) is 18.3 Å². The monoisotopic (exact) mass is 324 g/mol. The Morgan fingerprint density at radius 2 is 1.95 bits per heavy atom. The summed E-state index contributed by atoms with van der Waals surface area (Å²) in [4.78, 5) is 0. The molecule has 124 valence electrons. The van der Waals surface area contributed by atoms with Crippen molar-refractivity contribution >= 4 is 13.7 Å². The lowest BCUT2D eigenvalue weighted by molar-refractivity contribution is -0.198. The molecule has 0 spiro atoms. The number of fused-ring (bicyclic) bond motifs is 1. The van der Waals surface area contributed by atoms with E-state index in [-0.39, 0.29) is 0 Å². The molecule has 0 saturated heterocycles. The first kappa shape index (κ1) is 17.5. The normalized spacial score (nSPS) is 21.6. The fourth-order valence-electron chi connectivity index (χ4n) is 2.56. The standard InChI is InChI=1S/C17H28O4Si/c1-13(2)9-10-17(3)20-12-14-11-15(7-8-16(14)21-17)22(6,18-4)19-5/h7-8,11,13H,9-10,12H2,1-6H3. The topological polar surface area (TPSA) is 36.9 Å². The zero-order valence-electron chi connectivity index (χ0n) is 14.6. The van der Waals surface area contributed by atoms with Gasteiger partial charge in [0.25, 0.3) is 0 Å². The molecule has 0 aliphatic carbocycles. The van der Waals surface area contributed by atoms with E-state index in [0.717, 1.165) is 29.3 Å². The summed E-state index contributed by atoms with van der Waals surface area (Å²) in [5.41, 5.74) is 1.06. The van der Waals surface area contributed by atoms with Gasteiger partial charge in [0.1, 0.15) is 5.75 Å². The Bertz CT molecular complexity index is 513. The van der Waals surface area contributed by atoms with Gasteiger partial charge in [0, 0.05) is 33.1 Å². The molecule has 0 aromatic heterocycles. The van der Waals surface area contributed by atoms with Gasteiger partial charge >= 0.3 is 8.56 Å². The zero-order valence-corrected chi connectivity index (χ0v) is 15.6. The Balaban J connectivity index is 2.18. The van der Waals surface area contributed by atoms with Crippen LogP contribution in [0, 0.1) is 5.92 Å². The lowest BCUT2D eigenvalue weighted by Crippen LogP contribution is -2.50. The van der Waals surface area contributed by atoms with E-state index in [1.165, 1.54) is 0 Å². The van der Waals surface area contributed by atoms with E-state index in [9.17, 15) is 0 Å². The van der Waals surface area contributed by atoms with Crippen molar-refractivity contribution in [2.45, 2.75) is 52.6 Å². The number of ether oxygens (including phenoxy) is 2. The van der Waals surface area contributed by atoms with Crippen LogP contribution in [-0.4, -0.2) is 28.6 Å². The van der Waals surface area contributed by atoms with Crippen LogP contribution in [0.4, 0.5) is 0 Å². The highest BCUT2D eigenvalue weighted by atomic mass is 28.4. The van der Waals surface area contributed by atoms with Crippen molar-refractivity contribution in [3.8, 4) is 5.75 Å². The Hall–Kier alpha value is -0.883. The molecule has 1 heterocycles. The van der Waals surface area contributed by atoms with Crippen molar-refractivity contribution in [3.63, 3.8) is 0 Å². The second-order valence-electron chi connectivity index (χ2n) is 6.63. The van der Waals surface area contributed by atoms with Gasteiger partial charge < -0.3 is 18.3 Å². The van der Waals surface area contributed by atoms with Gasteiger partial charge in [-0.1, -0.05) is 19.9 Å². The first-order chi connectivity index (χ1) is 10.3. The fourth-order valence-corrected chi connectivity index (χ4v) is 4.02. The predicted octanol–water partition coefficient (Wildman–Crippen LogP) is 3.32. The highest BCUT2D eigenvalue weighted by molar-refractivity contribution is 6.79.